The van der Waals surface area contributed by atoms with Crippen LogP contribution in [-0.4, -0.2) is 27.0 Å². The molecule has 1 heterocycles. The molecule has 2 rings (SSSR count). The Morgan fingerprint density at radius 1 is 1.19 bits per heavy atom. The van der Waals surface area contributed by atoms with Crippen molar-refractivity contribution in [2.24, 2.45) is 0 Å². The molecule has 0 atom stereocenters. The van der Waals surface area contributed by atoms with Crippen LogP contribution in [0.1, 0.15) is 26.4 Å². The minimum absolute atomic E-state index is 0.0574. The lowest BCUT2D eigenvalue weighted by molar-refractivity contribution is 0.0697. The lowest BCUT2D eigenvalue weighted by atomic mass is 10.1. The van der Waals surface area contributed by atoms with E-state index in [1.807, 2.05) is 4.98 Å². The fourth-order valence-corrected chi connectivity index (χ4v) is 1.84. The van der Waals surface area contributed by atoms with E-state index in [9.17, 15) is 19.2 Å². The van der Waals surface area contributed by atoms with E-state index in [0.29, 0.717) is 5.56 Å². The van der Waals surface area contributed by atoms with Crippen molar-refractivity contribution in [3.05, 3.63) is 61.9 Å². The van der Waals surface area contributed by atoms with Gasteiger partial charge in [-0.05, 0) is 18.6 Å². The molecule has 1 aromatic carbocycles. The van der Waals surface area contributed by atoms with E-state index in [-0.39, 0.29) is 16.9 Å². The van der Waals surface area contributed by atoms with Crippen LogP contribution in [0, 0.1) is 6.92 Å². The number of nitrogens with one attached hydrogen (secondary N) is 3. The maximum atomic E-state index is 12.0. The Morgan fingerprint density at radius 2 is 1.90 bits per heavy atom. The summed E-state index contributed by atoms with van der Waals surface area (Å²) in [6, 6.07) is 5.50. The Hall–Kier alpha value is -3.16. The zero-order valence-corrected chi connectivity index (χ0v) is 10.9. The largest absolute Gasteiger partial charge is 0.478 e. The number of aromatic amines is 2. The highest BCUT2D eigenvalue weighted by Gasteiger charge is 2.16. The molecule has 108 valence electrons. The summed E-state index contributed by atoms with van der Waals surface area (Å²) in [5.74, 6) is -1.98. The summed E-state index contributed by atoms with van der Waals surface area (Å²) >= 11 is 0. The van der Waals surface area contributed by atoms with E-state index in [1.165, 1.54) is 6.07 Å². The number of amides is 1. The molecule has 8 heteroatoms. The Labute approximate surface area is 117 Å². The van der Waals surface area contributed by atoms with Gasteiger partial charge in [-0.2, -0.15) is 0 Å². The first-order valence-electron chi connectivity index (χ1n) is 5.86. The average molecular weight is 289 g/mol. The summed E-state index contributed by atoms with van der Waals surface area (Å²) in [6.45, 7) is 1.59. The predicted octanol–water partition coefficient (Wildman–Crippen LogP) is 0.322. The molecule has 2 aromatic rings. The second-order valence-corrected chi connectivity index (χ2v) is 4.26. The van der Waals surface area contributed by atoms with E-state index in [4.69, 9.17) is 5.11 Å². The van der Waals surface area contributed by atoms with Crippen molar-refractivity contribution in [3.63, 3.8) is 0 Å². The first kappa shape index (κ1) is 14.3. The normalized spacial score (nSPS) is 10.1. The number of H-pyrrole nitrogens is 2. The fourth-order valence-electron chi connectivity index (χ4n) is 1.84. The van der Waals surface area contributed by atoms with Crippen molar-refractivity contribution in [3.8, 4) is 0 Å². The molecule has 0 aliphatic rings. The lowest BCUT2D eigenvalue weighted by Crippen LogP contribution is -2.27. The van der Waals surface area contributed by atoms with Gasteiger partial charge in [0.2, 0.25) is 0 Å². The quantitative estimate of drug-likeness (QED) is 0.646. The van der Waals surface area contributed by atoms with Gasteiger partial charge in [0.05, 0.1) is 11.3 Å². The van der Waals surface area contributed by atoms with Crippen LogP contribution >= 0.6 is 0 Å². The fraction of sp³-hybridized carbons (Fsp3) is 0.0769. The van der Waals surface area contributed by atoms with Crippen LogP contribution in [0.25, 0.3) is 0 Å². The van der Waals surface area contributed by atoms with Crippen molar-refractivity contribution in [2.45, 2.75) is 6.92 Å². The number of carbonyl (C=O) groups is 2. The van der Waals surface area contributed by atoms with E-state index in [1.54, 1.807) is 19.1 Å². The van der Waals surface area contributed by atoms with Gasteiger partial charge in [-0.1, -0.05) is 12.1 Å². The molecule has 0 aliphatic carbocycles. The zero-order chi connectivity index (χ0) is 15.6. The third-order valence-corrected chi connectivity index (χ3v) is 2.74. The minimum atomic E-state index is -1.19. The number of benzene rings is 1. The Balaban J connectivity index is 2.41. The van der Waals surface area contributed by atoms with Gasteiger partial charge in [-0.25, -0.2) is 9.59 Å². The molecule has 0 radical (unpaired) electrons. The van der Waals surface area contributed by atoms with E-state index in [0.717, 1.165) is 6.07 Å². The number of anilines is 1. The molecule has 21 heavy (non-hydrogen) atoms. The number of carbonyl (C=O) groups excluding carboxylic acids is 1. The van der Waals surface area contributed by atoms with E-state index >= 15 is 0 Å². The maximum Gasteiger partial charge on any atom is 0.338 e. The second-order valence-electron chi connectivity index (χ2n) is 4.26. The number of hydrogen-bond donors (Lipinski definition) is 4. The highest BCUT2D eigenvalue weighted by molar-refractivity contribution is 6.07. The van der Waals surface area contributed by atoms with Crippen molar-refractivity contribution in [1.82, 2.24) is 9.97 Å². The summed E-state index contributed by atoms with van der Waals surface area (Å²) in [5, 5.41) is 11.5. The van der Waals surface area contributed by atoms with Crippen LogP contribution in [0.5, 0.6) is 0 Å². The molecule has 0 saturated heterocycles. The smallest absolute Gasteiger partial charge is 0.338 e. The van der Waals surface area contributed by atoms with Crippen molar-refractivity contribution in [1.29, 1.82) is 0 Å². The molecule has 1 aromatic heterocycles. The zero-order valence-electron chi connectivity index (χ0n) is 10.9. The molecule has 1 amide bonds. The van der Waals surface area contributed by atoms with Crippen molar-refractivity contribution in [2.75, 3.05) is 5.32 Å². The highest BCUT2D eigenvalue weighted by atomic mass is 16.4. The number of aromatic nitrogens is 2. The van der Waals surface area contributed by atoms with Gasteiger partial charge in [0.25, 0.3) is 11.5 Å². The number of rotatable bonds is 3. The van der Waals surface area contributed by atoms with Crippen LogP contribution in [0.4, 0.5) is 5.69 Å². The SMILES string of the molecule is Cc1cccc(NC(=O)c2cc(=O)[nH]c(=O)[nH]2)c1C(=O)O. The van der Waals surface area contributed by atoms with Crippen LogP contribution in [0.3, 0.4) is 0 Å². The molecule has 0 bridgehead atoms. The van der Waals surface area contributed by atoms with Gasteiger partial charge in [0, 0.05) is 6.07 Å². The van der Waals surface area contributed by atoms with Gasteiger partial charge in [-0.3, -0.25) is 14.6 Å². The third-order valence-electron chi connectivity index (χ3n) is 2.74. The molecule has 0 fully saturated rings. The van der Waals surface area contributed by atoms with Crippen LogP contribution in [0.15, 0.2) is 33.9 Å². The summed E-state index contributed by atoms with van der Waals surface area (Å²) < 4.78 is 0. The summed E-state index contributed by atoms with van der Waals surface area (Å²) in [7, 11) is 0. The molecule has 8 nitrogen and oxygen atoms in total. The number of carboxylic acids is 1. The third kappa shape index (κ3) is 3.06. The second kappa shape index (κ2) is 5.45. The number of hydrogen-bond acceptors (Lipinski definition) is 4. The first-order chi connectivity index (χ1) is 9.88. The number of aryl methyl sites for hydroxylation is 1. The van der Waals surface area contributed by atoms with Gasteiger partial charge in [-0.15, -0.1) is 0 Å². The van der Waals surface area contributed by atoms with E-state index < -0.39 is 23.1 Å². The first-order valence-corrected chi connectivity index (χ1v) is 5.86. The highest BCUT2D eigenvalue weighted by Crippen LogP contribution is 2.19. The summed E-state index contributed by atoms with van der Waals surface area (Å²) in [5.41, 5.74) is -1.32. The summed E-state index contributed by atoms with van der Waals surface area (Å²) in [6.07, 6.45) is 0. The van der Waals surface area contributed by atoms with Crippen molar-refractivity contribution >= 4 is 17.6 Å². The lowest BCUT2D eigenvalue weighted by Gasteiger charge is -2.10. The molecule has 0 aliphatic heterocycles. The number of aromatic carboxylic acids is 1. The van der Waals surface area contributed by atoms with Gasteiger partial charge < -0.3 is 15.4 Å². The molecule has 0 saturated carbocycles. The van der Waals surface area contributed by atoms with Crippen LogP contribution in [0.2, 0.25) is 0 Å². The molecular weight excluding hydrogens is 278 g/mol. The molecule has 4 N–H and O–H groups in total. The molecule has 0 unspecified atom stereocenters. The molecule has 0 spiro atoms. The van der Waals surface area contributed by atoms with Gasteiger partial charge in [0.15, 0.2) is 0 Å². The van der Waals surface area contributed by atoms with Crippen LogP contribution in [-0.2, 0) is 0 Å². The Kier molecular flexibility index (Phi) is 3.70. The standard InChI is InChI=1S/C13H11N3O5/c1-6-3-2-4-7(10(6)12(19)20)14-11(18)8-5-9(17)16-13(21)15-8/h2-5H,1H3,(H,14,18)(H,19,20)(H2,15,16,17,21). The average Bonchev–Trinajstić information content (AvgIpc) is 2.37. The van der Waals surface area contributed by atoms with Gasteiger partial charge >= 0.3 is 11.7 Å². The number of carboxylic acid groups (broad SMARTS) is 1. The maximum absolute atomic E-state index is 12.0. The van der Waals surface area contributed by atoms with Gasteiger partial charge in [0.1, 0.15) is 5.69 Å². The molecular formula is C13H11N3O5. The monoisotopic (exact) mass is 289 g/mol. The Bertz CT molecular complexity index is 806. The predicted molar refractivity (Wildman–Crippen MR) is 73.8 cm³/mol. The minimum Gasteiger partial charge on any atom is -0.478 e. The topological polar surface area (TPSA) is 132 Å². The van der Waals surface area contributed by atoms with E-state index in [2.05, 4.69) is 10.3 Å². The summed E-state index contributed by atoms with van der Waals surface area (Å²) in [4.78, 5) is 49.5. The van der Waals surface area contributed by atoms with Crippen molar-refractivity contribution < 1.29 is 14.7 Å². The Morgan fingerprint density at radius 3 is 2.52 bits per heavy atom. The van der Waals surface area contributed by atoms with Crippen LogP contribution < -0.4 is 16.6 Å².